The first kappa shape index (κ1) is 13.6. The van der Waals surface area contributed by atoms with E-state index in [1.807, 2.05) is 11.6 Å². The molecule has 2 nitrogen and oxygen atoms in total. The van der Waals surface area contributed by atoms with Crippen LogP contribution in [0.3, 0.4) is 0 Å². The molecule has 0 fully saturated rings. The van der Waals surface area contributed by atoms with Crippen LogP contribution in [-0.2, 0) is 6.54 Å². The second kappa shape index (κ2) is 6.41. The average Bonchev–Trinajstić information content (AvgIpc) is 2.85. The number of aromatic nitrogens is 1. The number of thiazole rings is 1. The van der Waals surface area contributed by atoms with Crippen LogP contribution in [0.4, 0.5) is 4.39 Å². The van der Waals surface area contributed by atoms with E-state index >= 15 is 0 Å². The first-order valence-corrected chi connectivity index (χ1v) is 7.38. The van der Waals surface area contributed by atoms with Crippen molar-refractivity contribution in [3.63, 3.8) is 0 Å². The lowest BCUT2D eigenvalue weighted by atomic mass is 10.2. The third kappa shape index (κ3) is 3.60. The van der Waals surface area contributed by atoms with E-state index < -0.39 is 0 Å². The first-order valence-electron chi connectivity index (χ1n) is 5.71. The van der Waals surface area contributed by atoms with Gasteiger partial charge < -0.3 is 5.32 Å². The highest BCUT2D eigenvalue weighted by Gasteiger charge is 2.08. The Morgan fingerprint density at radius 1 is 1.50 bits per heavy atom. The molecule has 96 valence electrons. The molecule has 0 radical (unpaired) electrons. The molecule has 0 spiro atoms. The molecule has 1 unspecified atom stereocenters. The number of hydrogen-bond acceptors (Lipinski definition) is 3. The van der Waals surface area contributed by atoms with Crippen molar-refractivity contribution in [1.82, 2.24) is 10.3 Å². The van der Waals surface area contributed by atoms with E-state index in [0.29, 0.717) is 5.92 Å². The van der Waals surface area contributed by atoms with Gasteiger partial charge in [-0.05, 0) is 17.7 Å². The fourth-order valence-electron chi connectivity index (χ4n) is 1.65. The molecule has 0 saturated heterocycles. The van der Waals surface area contributed by atoms with Gasteiger partial charge in [-0.3, -0.25) is 0 Å². The maximum Gasteiger partial charge on any atom is 0.124 e. The normalized spacial score (nSPS) is 12.6. The third-order valence-electron chi connectivity index (χ3n) is 2.65. The summed E-state index contributed by atoms with van der Waals surface area (Å²) in [7, 11) is 0. The van der Waals surface area contributed by atoms with E-state index in [1.54, 1.807) is 17.4 Å². The number of halogens is 2. The van der Waals surface area contributed by atoms with Crippen LogP contribution in [0.25, 0.3) is 0 Å². The second-order valence-electron chi connectivity index (χ2n) is 4.14. The maximum atomic E-state index is 12.9. The molecule has 2 rings (SSSR count). The van der Waals surface area contributed by atoms with Gasteiger partial charge in [0.1, 0.15) is 5.82 Å². The Balaban J connectivity index is 1.85. The Hall–Kier alpha value is -0.780. The molecule has 1 aromatic carbocycles. The van der Waals surface area contributed by atoms with Crippen LogP contribution in [0.5, 0.6) is 0 Å². The van der Waals surface area contributed by atoms with E-state index in [4.69, 9.17) is 0 Å². The SMILES string of the molecule is CC(CNCc1ccc(F)cc1Br)c1nccs1. The largest absolute Gasteiger partial charge is 0.312 e. The van der Waals surface area contributed by atoms with E-state index in [0.717, 1.165) is 28.1 Å². The van der Waals surface area contributed by atoms with Crippen LogP contribution in [-0.4, -0.2) is 11.5 Å². The number of nitrogens with zero attached hydrogens (tertiary/aromatic N) is 1. The molecular weight excluding hydrogens is 315 g/mol. The molecule has 0 aliphatic carbocycles. The highest BCUT2D eigenvalue weighted by atomic mass is 79.9. The van der Waals surface area contributed by atoms with Gasteiger partial charge in [-0.2, -0.15) is 0 Å². The zero-order valence-electron chi connectivity index (χ0n) is 9.99. The van der Waals surface area contributed by atoms with Gasteiger partial charge in [-0.1, -0.05) is 28.9 Å². The summed E-state index contributed by atoms with van der Waals surface area (Å²) >= 11 is 5.04. The van der Waals surface area contributed by atoms with Crippen molar-refractivity contribution in [1.29, 1.82) is 0 Å². The predicted octanol–water partition coefficient (Wildman–Crippen LogP) is 3.94. The summed E-state index contributed by atoms with van der Waals surface area (Å²) < 4.78 is 13.7. The minimum Gasteiger partial charge on any atom is -0.312 e. The molecule has 2 aromatic rings. The fraction of sp³-hybridized carbons (Fsp3) is 0.308. The average molecular weight is 329 g/mol. The lowest BCUT2D eigenvalue weighted by Crippen LogP contribution is -2.19. The van der Waals surface area contributed by atoms with E-state index in [9.17, 15) is 4.39 Å². The van der Waals surface area contributed by atoms with Crippen LogP contribution in [0.15, 0.2) is 34.2 Å². The van der Waals surface area contributed by atoms with Crippen molar-refractivity contribution in [2.75, 3.05) is 6.54 Å². The van der Waals surface area contributed by atoms with Crippen molar-refractivity contribution < 1.29 is 4.39 Å². The van der Waals surface area contributed by atoms with Crippen molar-refractivity contribution in [3.05, 3.63) is 50.6 Å². The fourth-order valence-corrected chi connectivity index (χ4v) is 2.84. The van der Waals surface area contributed by atoms with Gasteiger partial charge in [0.15, 0.2) is 0 Å². The Morgan fingerprint density at radius 3 is 3.00 bits per heavy atom. The summed E-state index contributed by atoms with van der Waals surface area (Å²) in [5.74, 6) is 0.172. The summed E-state index contributed by atoms with van der Waals surface area (Å²) in [5.41, 5.74) is 1.06. The highest BCUT2D eigenvalue weighted by Crippen LogP contribution is 2.19. The second-order valence-corrected chi connectivity index (χ2v) is 5.92. The summed E-state index contributed by atoms with van der Waals surface area (Å²) in [5, 5.41) is 6.49. The molecule has 0 aliphatic heterocycles. The topological polar surface area (TPSA) is 24.9 Å². The molecule has 1 heterocycles. The number of nitrogens with one attached hydrogen (secondary N) is 1. The molecule has 1 N–H and O–H groups in total. The first-order chi connectivity index (χ1) is 8.66. The highest BCUT2D eigenvalue weighted by molar-refractivity contribution is 9.10. The van der Waals surface area contributed by atoms with E-state index in [-0.39, 0.29) is 5.82 Å². The predicted molar refractivity (Wildman–Crippen MR) is 76.3 cm³/mol. The smallest absolute Gasteiger partial charge is 0.124 e. The molecule has 18 heavy (non-hydrogen) atoms. The molecule has 0 amide bonds. The van der Waals surface area contributed by atoms with Crippen LogP contribution in [0, 0.1) is 5.82 Å². The lowest BCUT2D eigenvalue weighted by Gasteiger charge is -2.11. The zero-order chi connectivity index (χ0) is 13.0. The van der Waals surface area contributed by atoms with Gasteiger partial charge in [0.05, 0.1) is 5.01 Å². The van der Waals surface area contributed by atoms with Crippen LogP contribution >= 0.6 is 27.3 Å². The van der Waals surface area contributed by atoms with Crippen LogP contribution < -0.4 is 5.32 Å². The summed E-state index contributed by atoms with van der Waals surface area (Å²) in [6.45, 7) is 3.72. The molecule has 0 bridgehead atoms. The van der Waals surface area contributed by atoms with Crippen LogP contribution in [0.1, 0.15) is 23.4 Å². The lowest BCUT2D eigenvalue weighted by molar-refractivity contribution is 0.606. The van der Waals surface area contributed by atoms with Gasteiger partial charge >= 0.3 is 0 Å². The van der Waals surface area contributed by atoms with Crippen molar-refractivity contribution >= 4 is 27.3 Å². The zero-order valence-corrected chi connectivity index (χ0v) is 12.4. The Labute approximate surface area is 118 Å². The molecule has 0 aliphatic rings. The summed E-state index contributed by atoms with van der Waals surface area (Å²) in [4.78, 5) is 4.29. The Morgan fingerprint density at radius 2 is 2.33 bits per heavy atom. The standard InChI is InChI=1S/C13H14BrFN2S/c1-9(13-17-4-5-18-13)7-16-8-10-2-3-11(15)6-12(10)14/h2-6,9,16H,7-8H2,1H3. The molecule has 1 aromatic heterocycles. The van der Waals surface area contributed by atoms with Gasteiger partial charge in [0.2, 0.25) is 0 Å². The molecular formula is C13H14BrFN2S. The monoisotopic (exact) mass is 328 g/mol. The minimum absolute atomic E-state index is 0.221. The minimum atomic E-state index is -0.221. The number of hydrogen-bond donors (Lipinski definition) is 1. The number of benzene rings is 1. The molecule has 5 heteroatoms. The molecule has 1 atom stereocenters. The van der Waals surface area contributed by atoms with Crippen molar-refractivity contribution in [3.8, 4) is 0 Å². The quantitative estimate of drug-likeness (QED) is 0.899. The Kier molecular flexibility index (Phi) is 4.86. The molecule has 0 saturated carbocycles. The van der Waals surface area contributed by atoms with Gasteiger partial charge in [0.25, 0.3) is 0 Å². The van der Waals surface area contributed by atoms with Crippen molar-refractivity contribution in [2.45, 2.75) is 19.4 Å². The van der Waals surface area contributed by atoms with Crippen molar-refractivity contribution in [2.24, 2.45) is 0 Å². The van der Waals surface area contributed by atoms with E-state index in [1.165, 1.54) is 12.1 Å². The maximum absolute atomic E-state index is 12.9. The summed E-state index contributed by atoms with van der Waals surface area (Å²) in [6.07, 6.45) is 1.83. The number of rotatable bonds is 5. The van der Waals surface area contributed by atoms with Gasteiger partial charge in [0, 0.05) is 35.1 Å². The Bertz CT molecular complexity index is 502. The van der Waals surface area contributed by atoms with Gasteiger partial charge in [-0.25, -0.2) is 9.37 Å². The van der Waals surface area contributed by atoms with Crippen LogP contribution in [0.2, 0.25) is 0 Å². The van der Waals surface area contributed by atoms with E-state index in [2.05, 4.69) is 33.2 Å². The third-order valence-corrected chi connectivity index (χ3v) is 4.40. The van der Waals surface area contributed by atoms with Gasteiger partial charge in [-0.15, -0.1) is 11.3 Å². The summed E-state index contributed by atoms with van der Waals surface area (Å²) in [6, 6.07) is 4.76.